The molecule has 106 valence electrons. The molecule has 0 unspecified atom stereocenters. The van der Waals surface area contributed by atoms with Crippen molar-refractivity contribution in [3.05, 3.63) is 35.4 Å². The quantitative estimate of drug-likeness (QED) is 0.856. The van der Waals surface area contributed by atoms with Crippen LogP contribution < -0.4 is 0 Å². The maximum atomic E-state index is 11.8. The third kappa shape index (κ3) is 5.03. The molecule has 0 aliphatic rings. The van der Waals surface area contributed by atoms with Crippen LogP contribution in [-0.4, -0.2) is 35.1 Å². The van der Waals surface area contributed by atoms with E-state index < -0.39 is 5.60 Å². The molecule has 0 aliphatic heterocycles. The maximum absolute atomic E-state index is 11.8. The second-order valence-electron chi connectivity index (χ2n) is 5.60. The fraction of sp³-hybridized carbons (Fsp3) is 0.562. The van der Waals surface area contributed by atoms with E-state index in [0.29, 0.717) is 6.54 Å². The van der Waals surface area contributed by atoms with E-state index in [9.17, 15) is 9.90 Å². The summed E-state index contributed by atoms with van der Waals surface area (Å²) in [7, 11) is 1.73. The van der Waals surface area contributed by atoms with Gasteiger partial charge in [0.25, 0.3) is 5.91 Å². The largest absolute Gasteiger partial charge is 0.381 e. The van der Waals surface area contributed by atoms with Crippen molar-refractivity contribution < 1.29 is 9.90 Å². The minimum absolute atomic E-state index is 0.241. The average molecular weight is 263 g/mol. The SMILES string of the molecule is CCCc1ccc(CCN(C)C(=O)C(C)(C)O)cc1. The van der Waals surface area contributed by atoms with Gasteiger partial charge in [0.2, 0.25) is 0 Å². The monoisotopic (exact) mass is 263 g/mol. The summed E-state index contributed by atoms with van der Waals surface area (Å²) < 4.78 is 0. The van der Waals surface area contributed by atoms with Gasteiger partial charge in [-0.25, -0.2) is 0 Å². The number of aryl methyl sites for hydroxylation is 1. The number of aliphatic hydroxyl groups is 1. The number of hydrogen-bond donors (Lipinski definition) is 1. The van der Waals surface area contributed by atoms with Gasteiger partial charge in [-0.05, 0) is 37.8 Å². The van der Waals surface area contributed by atoms with Crippen molar-refractivity contribution in [2.24, 2.45) is 0 Å². The predicted molar refractivity (Wildman–Crippen MR) is 78.1 cm³/mol. The first-order valence-corrected chi connectivity index (χ1v) is 6.90. The van der Waals surface area contributed by atoms with E-state index in [1.807, 2.05) is 0 Å². The summed E-state index contributed by atoms with van der Waals surface area (Å²) in [5, 5.41) is 9.66. The van der Waals surface area contributed by atoms with E-state index in [-0.39, 0.29) is 5.91 Å². The molecular weight excluding hydrogens is 238 g/mol. The number of hydrogen-bond acceptors (Lipinski definition) is 2. The summed E-state index contributed by atoms with van der Waals surface area (Å²) in [4.78, 5) is 13.4. The van der Waals surface area contributed by atoms with Crippen LogP contribution in [0.5, 0.6) is 0 Å². The van der Waals surface area contributed by atoms with E-state index >= 15 is 0 Å². The summed E-state index contributed by atoms with van der Waals surface area (Å²) >= 11 is 0. The zero-order chi connectivity index (χ0) is 14.5. The number of benzene rings is 1. The molecule has 19 heavy (non-hydrogen) atoms. The average Bonchev–Trinajstić information content (AvgIpc) is 2.36. The van der Waals surface area contributed by atoms with Crippen LogP contribution in [0.25, 0.3) is 0 Å². The lowest BCUT2D eigenvalue weighted by Crippen LogP contribution is -2.43. The molecule has 3 heteroatoms. The first-order chi connectivity index (χ1) is 8.84. The standard InChI is InChI=1S/C16H25NO2/c1-5-6-13-7-9-14(10-8-13)11-12-17(4)15(18)16(2,3)19/h7-10,19H,5-6,11-12H2,1-4H3. The first-order valence-electron chi connectivity index (χ1n) is 6.90. The van der Waals surface area contributed by atoms with Gasteiger partial charge in [0.05, 0.1) is 0 Å². The van der Waals surface area contributed by atoms with E-state index in [1.165, 1.54) is 25.0 Å². The van der Waals surface area contributed by atoms with Crippen LogP contribution in [0.2, 0.25) is 0 Å². The summed E-state index contributed by atoms with van der Waals surface area (Å²) in [5.41, 5.74) is 1.28. The van der Waals surface area contributed by atoms with E-state index in [1.54, 1.807) is 11.9 Å². The third-order valence-electron chi connectivity index (χ3n) is 3.17. The van der Waals surface area contributed by atoms with Gasteiger partial charge in [0.1, 0.15) is 5.60 Å². The molecule has 1 aromatic rings. The first kappa shape index (κ1) is 15.7. The number of nitrogens with zero attached hydrogens (tertiary/aromatic N) is 1. The highest BCUT2D eigenvalue weighted by Crippen LogP contribution is 2.10. The summed E-state index contributed by atoms with van der Waals surface area (Å²) in [5.74, 6) is -0.241. The number of carbonyl (C=O) groups is 1. The smallest absolute Gasteiger partial charge is 0.253 e. The number of amides is 1. The van der Waals surface area contributed by atoms with Crippen LogP contribution in [-0.2, 0) is 17.6 Å². The Morgan fingerprint density at radius 2 is 1.63 bits per heavy atom. The fourth-order valence-electron chi connectivity index (χ4n) is 2.03. The highest BCUT2D eigenvalue weighted by atomic mass is 16.3. The Bertz CT molecular complexity index is 404. The Kier molecular flexibility index (Phi) is 5.55. The molecule has 1 amide bonds. The Morgan fingerprint density at radius 1 is 1.16 bits per heavy atom. The zero-order valence-corrected chi connectivity index (χ0v) is 12.4. The molecule has 0 radical (unpaired) electrons. The summed E-state index contributed by atoms with van der Waals surface area (Å²) in [6, 6.07) is 8.54. The topological polar surface area (TPSA) is 40.5 Å². The molecule has 0 saturated carbocycles. The Hall–Kier alpha value is -1.35. The molecule has 0 spiro atoms. The Labute approximate surface area is 116 Å². The zero-order valence-electron chi connectivity index (χ0n) is 12.4. The second-order valence-corrected chi connectivity index (χ2v) is 5.60. The van der Waals surface area contributed by atoms with Crippen LogP contribution in [0.3, 0.4) is 0 Å². The molecule has 1 aromatic carbocycles. The number of rotatable bonds is 6. The molecular formula is C16H25NO2. The van der Waals surface area contributed by atoms with Gasteiger partial charge in [-0.1, -0.05) is 37.6 Å². The van der Waals surface area contributed by atoms with Gasteiger partial charge in [-0.3, -0.25) is 4.79 Å². The van der Waals surface area contributed by atoms with Crippen LogP contribution >= 0.6 is 0 Å². The van der Waals surface area contributed by atoms with Crippen LogP contribution in [0.15, 0.2) is 24.3 Å². The van der Waals surface area contributed by atoms with E-state index in [2.05, 4.69) is 31.2 Å². The van der Waals surface area contributed by atoms with Crippen molar-refractivity contribution in [3.63, 3.8) is 0 Å². The van der Waals surface area contributed by atoms with Crippen molar-refractivity contribution >= 4 is 5.91 Å². The van der Waals surface area contributed by atoms with Crippen molar-refractivity contribution in [3.8, 4) is 0 Å². The molecule has 0 fully saturated rings. The molecule has 0 bridgehead atoms. The van der Waals surface area contributed by atoms with Crippen molar-refractivity contribution in [1.82, 2.24) is 4.90 Å². The third-order valence-corrected chi connectivity index (χ3v) is 3.17. The van der Waals surface area contributed by atoms with Gasteiger partial charge in [-0.15, -0.1) is 0 Å². The molecule has 0 aromatic heterocycles. The van der Waals surface area contributed by atoms with Crippen LogP contribution in [0.4, 0.5) is 0 Å². The van der Waals surface area contributed by atoms with Crippen LogP contribution in [0, 0.1) is 0 Å². The maximum Gasteiger partial charge on any atom is 0.253 e. The minimum atomic E-state index is -1.29. The molecule has 0 atom stereocenters. The predicted octanol–water partition coefficient (Wildman–Crippen LogP) is 2.41. The molecule has 0 saturated heterocycles. The van der Waals surface area contributed by atoms with E-state index in [0.717, 1.165) is 19.3 Å². The van der Waals surface area contributed by atoms with Crippen LogP contribution in [0.1, 0.15) is 38.3 Å². The number of carbonyl (C=O) groups excluding carboxylic acids is 1. The van der Waals surface area contributed by atoms with Gasteiger partial charge in [-0.2, -0.15) is 0 Å². The van der Waals surface area contributed by atoms with Crippen molar-refractivity contribution in [2.45, 2.75) is 45.6 Å². The van der Waals surface area contributed by atoms with E-state index in [4.69, 9.17) is 0 Å². The molecule has 1 rings (SSSR count). The lowest BCUT2D eigenvalue weighted by molar-refractivity contribution is -0.146. The summed E-state index contributed by atoms with van der Waals surface area (Å²) in [6.07, 6.45) is 3.07. The summed E-state index contributed by atoms with van der Waals surface area (Å²) in [6.45, 7) is 5.83. The van der Waals surface area contributed by atoms with Gasteiger partial charge >= 0.3 is 0 Å². The number of likely N-dealkylation sites (N-methyl/N-ethyl adjacent to an activating group) is 1. The lowest BCUT2D eigenvalue weighted by atomic mass is 10.1. The normalized spacial score (nSPS) is 11.4. The fourth-order valence-corrected chi connectivity index (χ4v) is 2.03. The van der Waals surface area contributed by atoms with Gasteiger partial charge < -0.3 is 10.0 Å². The van der Waals surface area contributed by atoms with Gasteiger partial charge in [0.15, 0.2) is 0 Å². The molecule has 3 nitrogen and oxygen atoms in total. The molecule has 0 heterocycles. The lowest BCUT2D eigenvalue weighted by Gasteiger charge is -2.24. The Morgan fingerprint density at radius 3 is 2.05 bits per heavy atom. The van der Waals surface area contributed by atoms with Gasteiger partial charge in [0, 0.05) is 13.6 Å². The highest BCUT2D eigenvalue weighted by Gasteiger charge is 2.26. The molecule has 1 N–H and O–H groups in total. The Balaban J connectivity index is 2.50. The molecule has 0 aliphatic carbocycles. The van der Waals surface area contributed by atoms with Crippen molar-refractivity contribution in [2.75, 3.05) is 13.6 Å². The highest BCUT2D eigenvalue weighted by molar-refractivity contribution is 5.83. The minimum Gasteiger partial charge on any atom is -0.381 e. The second kappa shape index (κ2) is 6.71. The van der Waals surface area contributed by atoms with Crippen molar-refractivity contribution in [1.29, 1.82) is 0 Å².